The molecule has 36 heavy (non-hydrogen) atoms. The molecule has 0 fully saturated rings. The van der Waals surface area contributed by atoms with Crippen LogP contribution in [-0.2, 0) is 28.7 Å². The van der Waals surface area contributed by atoms with Crippen molar-refractivity contribution in [2.45, 2.75) is 104 Å². The van der Waals surface area contributed by atoms with Crippen LogP contribution in [0.5, 0.6) is 5.75 Å². The summed E-state index contributed by atoms with van der Waals surface area (Å²) in [4.78, 5) is 13.3. The molecular formula is C27H42BrF2N3O3. The van der Waals surface area contributed by atoms with Gasteiger partial charge in [-0.3, -0.25) is 10.2 Å². The average Bonchev–Trinajstić information content (AvgIpc) is 3.06. The number of ketones is 1. The summed E-state index contributed by atoms with van der Waals surface area (Å²) >= 11 is 0. The van der Waals surface area contributed by atoms with Crippen molar-refractivity contribution in [2.24, 2.45) is 0 Å². The molecule has 204 valence electrons. The number of halogens is 3. The quantitative estimate of drug-likeness (QED) is 0.342. The maximum Gasteiger partial charge on any atom is 0.293 e. The Morgan fingerprint density at radius 2 is 1.42 bits per heavy atom. The zero-order valence-corrected chi connectivity index (χ0v) is 24.7. The molecule has 1 heterocycles. The van der Waals surface area contributed by atoms with E-state index in [1.54, 1.807) is 26.0 Å². The highest BCUT2D eigenvalue weighted by Crippen LogP contribution is 2.40. The zero-order chi connectivity index (χ0) is 27.0. The smallest absolute Gasteiger partial charge is 0.293 e. The zero-order valence-electron chi connectivity index (χ0n) is 23.0. The van der Waals surface area contributed by atoms with Crippen LogP contribution < -0.4 is 5.62 Å². The fourth-order valence-electron chi connectivity index (χ4n) is 4.47. The van der Waals surface area contributed by atoms with Gasteiger partial charge >= 0.3 is 0 Å². The molecule has 0 saturated heterocycles. The summed E-state index contributed by atoms with van der Waals surface area (Å²) in [6.07, 6.45) is 3.13. The third-order valence-electron chi connectivity index (χ3n) is 6.90. The maximum atomic E-state index is 15.2. The first-order valence-electron chi connectivity index (χ1n) is 12.1. The number of alkyl halides is 2. The summed E-state index contributed by atoms with van der Waals surface area (Å²) in [5.41, 5.74) is -0.860. The van der Waals surface area contributed by atoms with Gasteiger partial charge in [0, 0.05) is 36.2 Å². The van der Waals surface area contributed by atoms with Gasteiger partial charge in [-0.15, -0.1) is 17.0 Å². The van der Waals surface area contributed by atoms with Gasteiger partial charge in [0.1, 0.15) is 11.4 Å². The molecule has 0 aliphatic carbocycles. The molecule has 2 N–H and O–H groups in total. The molecule has 0 spiro atoms. The summed E-state index contributed by atoms with van der Waals surface area (Å²) in [7, 11) is 1.28. The first kappa shape index (κ1) is 32.0. The number of carbonyl (C=O) groups is 1. The van der Waals surface area contributed by atoms with Crippen LogP contribution in [0, 0.1) is 5.41 Å². The number of carbonyl (C=O) groups excluding carboxylic acids is 1. The molecule has 0 atom stereocenters. The van der Waals surface area contributed by atoms with Crippen LogP contribution in [0.4, 0.5) is 8.78 Å². The maximum absolute atomic E-state index is 15.2. The van der Waals surface area contributed by atoms with E-state index in [1.165, 1.54) is 24.1 Å². The van der Waals surface area contributed by atoms with Gasteiger partial charge in [0.05, 0.1) is 13.1 Å². The van der Waals surface area contributed by atoms with E-state index in [1.807, 2.05) is 41.5 Å². The van der Waals surface area contributed by atoms with E-state index >= 15 is 8.78 Å². The number of phenolic OH excluding ortho intramolecular Hbond substituents is 1. The molecule has 0 radical (unpaired) electrons. The van der Waals surface area contributed by atoms with E-state index < -0.39 is 28.9 Å². The van der Waals surface area contributed by atoms with E-state index in [0.29, 0.717) is 16.7 Å². The van der Waals surface area contributed by atoms with Crippen molar-refractivity contribution >= 4 is 22.8 Å². The summed E-state index contributed by atoms with van der Waals surface area (Å²) in [5, 5.41) is 19.3. The van der Waals surface area contributed by atoms with Gasteiger partial charge in [-0.1, -0.05) is 55.4 Å². The Kier molecular flexibility index (Phi) is 9.94. The Morgan fingerprint density at radius 3 is 1.81 bits per heavy atom. The van der Waals surface area contributed by atoms with Crippen LogP contribution in [0.15, 0.2) is 24.5 Å². The Balaban J connectivity index is 0.00000648. The Hall–Kier alpha value is -2.00. The molecule has 1 aromatic carbocycles. The summed E-state index contributed by atoms with van der Waals surface area (Å²) in [6.45, 7) is 14.2. The van der Waals surface area contributed by atoms with Crippen molar-refractivity contribution in [1.82, 2.24) is 9.13 Å². The standard InChI is InChI=1S/C27H41F2N3O3.BrH/c1-10-26(11-2,35-9)27(28,29)17-32-13-12-31(23(32)30)16-21(33)18-14-19(24(3,4)5)22(34)20(15-18)25(6,7)8;/h12-15,30,34H,10-11,16-17H2,1-9H3;1H. The van der Waals surface area contributed by atoms with Crippen molar-refractivity contribution in [3.8, 4) is 5.75 Å². The number of aromatic hydroxyl groups is 1. The lowest BCUT2D eigenvalue weighted by Gasteiger charge is -2.38. The highest BCUT2D eigenvalue weighted by Gasteiger charge is 2.52. The van der Waals surface area contributed by atoms with E-state index in [-0.39, 0.29) is 53.5 Å². The van der Waals surface area contributed by atoms with Crippen molar-refractivity contribution in [2.75, 3.05) is 7.11 Å². The average molecular weight is 575 g/mol. The monoisotopic (exact) mass is 573 g/mol. The van der Waals surface area contributed by atoms with Crippen LogP contribution in [0.2, 0.25) is 0 Å². The number of nitrogens with one attached hydrogen (secondary N) is 1. The van der Waals surface area contributed by atoms with Crippen LogP contribution in [0.25, 0.3) is 0 Å². The predicted molar refractivity (Wildman–Crippen MR) is 144 cm³/mol. The third-order valence-corrected chi connectivity index (χ3v) is 6.90. The third kappa shape index (κ3) is 6.28. The summed E-state index contributed by atoms with van der Waals surface area (Å²) in [6, 6.07) is 3.38. The van der Waals surface area contributed by atoms with Gasteiger partial charge in [0.15, 0.2) is 5.78 Å². The lowest BCUT2D eigenvalue weighted by atomic mass is 9.78. The van der Waals surface area contributed by atoms with Gasteiger partial charge in [0.2, 0.25) is 5.62 Å². The lowest BCUT2D eigenvalue weighted by molar-refractivity contribution is -0.207. The number of aromatic nitrogens is 2. The van der Waals surface area contributed by atoms with E-state index in [2.05, 4.69) is 0 Å². The van der Waals surface area contributed by atoms with Crippen molar-refractivity contribution in [3.05, 3.63) is 46.8 Å². The largest absolute Gasteiger partial charge is 0.507 e. The minimum absolute atomic E-state index is 0. The normalized spacial score (nSPS) is 13.0. The van der Waals surface area contributed by atoms with E-state index in [0.717, 1.165) is 4.57 Å². The number of hydrogen-bond donors (Lipinski definition) is 2. The highest BCUT2D eigenvalue weighted by atomic mass is 79.9. The van der Waals surface area contributed by atoms with Gasteiger partial charge in [0.25, 0.3) is 5.92 Å². The second kappa shape index (κ2) is 11.2. The minimum Gasteiger partial charge on any atom is -0.507 e. The van der Waals surface area contributed by atoms with Crippen LogP contribution >= 0.6 is 17.0 Å². The second-order valence-electron chi connectivity index (χ2n) is 11.3. The fraction of sp³-hybridized carbons (Fsp3) is 0.630. The number of ether oxygens (including phenoxy) is 1. The van der Waals surface area contributed by atoms with Gasteiger partial charge in [-0.2, -0.15) is 0 Å². The fourth-order valence-corrected chi connectivity index (χ4v) is 4.47. The second-order valence-corrected chi connectivity index (χ2v) is 11.3. The topological polar surface area (TPSA) is 80.2 Å². The van der Waals surface area contributed by atoms with Crippen LogP contribution in [0.1, 0.15) is 89.7 Å². The molecule has 0 unspecified atom stereocenters. The number of phenols is 1. The van der Waals surface area contributed by atoms with E-state index in [9.17, 15) is 9.90 Å². The molecule has 0 aliphatic rings. The number of Topliss-reactive ketones (excluding diaryl/α,β-unsaturated/α-hetero) is 1. The predicted octanol–water partition coefficient (Wildman–Crippen LogP) is 6.37. The minimum atomic E-state index is -3.21. The molecule has 0 saturated carbocycles. The summed E-state index contributed by atoms with van der Waals surface area (Å²) < 4.78 is 38.1. The van der Waals surface area contributed by atoms with Crippen LogP contribution in [0.3, 0.4) is 0 Å². The van der Waals surface area contributed by atoms with E-state index in [4.69, 9.17) is 10.1 Å². The van der Waals surface area contributed by atoms with Crippen molar-refractivity contribution in [1.29, 1.82) is 5.41 Å². The molecule has 6 nitrogen and oxygen atoms in total. The SMILES string of the molecule is Br.CCC(CC)(OC)C(F)(F)Cn1ccn(CC(=O)c2cc(C(C)(C)C)c(O)c(C(C)(C)C)c2)c1=N. The number of methoxy groups -OCH3 is 1. The summed E-state index contributed by atoms with van der Waals surface area (Å²) in [5.74, 6) is -3.29. The Labute approximate surface area is 224 Å². The first-order chi connectivity index (χ1) is 15.9. The highest BCUT2D eigenvalue weighted by molar-refractivity contribution is 8.93. The van der Waals surface area contributed by atoms with Gasteiger partial charge in [-0.05, 0) is 35.8 Å². The number of rotatable bonds is 9. The molecular weight excluding hydrogens is 532 g/mol. The van der Waals surface area contributed by atoms with Crippen molar-refractivity contribution < 1.29 is 23.4 Å². The molecule has 0 bridgehead atoms. The Morgan fingerprint density at radius 1 is 0.972 bits per heavy atom. The number of nitrogens with zero attached hydrogens (tertiary/aromatic N) is 2. The van der Waals surface area contributed by atoms with Crippen LogP contribution in [-0.4, -0.2) is 38.7 Å². The number of benzene rings is 1. The van der Waals surface area contributed by atoms with Gasteiger partial charge < -0.3 is 19.0 Å². The molecule has 1 aromatic heterocycles. The number of hydrogen-bond acceptors (Lipinski definition) is 4. The lowest BCUT2D eigenvalue weighted by Crippen LogP contribution is -2.52. The van der Waals surface area contributed by atoms with Crippen molar-refractivity contribution in [3.63, 3.8) is 0 Å². The molecule has 2 aromatic rings. The number of imidazole rings is 1. The molecule has 2 rings (SSSR count). The first-order valence-corrected chi connectivity index (χ1v) is 12.1. The van der Waals surface area contributed by atoms with Gasteiger partial charge in [-0.25, -0.2) is 8.78 Å². The molecule has 0 aliphatic heterocycles. The molecule has 0 amide bonds. The Bertz CT molecular complexity index is 1080. The molecule has 9 heteroatoms.